The molecule has 0 bridgehead atoms. The van der Waals surface area contributed by atoms with Crippen LogP contribution in [0.25, 0.3) is 6.08 Å². The first-order valence-corrected chi connectivity index (χ1v) is 11.0. The number of nitrogens with zero attached hydrogens (tertiary/aromatic N) is 1. The Kier molecular flexibility index (Phi) is 8.05. The van der Waals surface area contributed by atoms with Gasteiger partial charge in [-0.3, -0.25) is 14.5 Å². The highest BCUT2D eigenvalue weighted by atomic mass is 35.5. The van der Waals surface area contributed by atoms with Gasteiger partial charge in [0.1, 0.15) is 6.61 Å². The predicted octanol–water partition coefficient (Wildman–Crippen LogP) is 5.42. The van der Waals surface area contributed by atoms with E-state index in [1.807, 2.05) is 37.3 Å². The first-order valence-electron chi connectivity index (χ1n) is 9.85. The van der Waals surface area contributed by atoms with E-state index in [2.05, 4.69) is 5.92 Å². The fourth-order valence-electron chi connectivity index (χ4n) is 3.12. The smallest absolute Gasteiger partial charge is 0.293 e. The molecular formula is C24H22ClNO4S. The molecule has 2 aromatic rings. The van der Waals surface area contributed by atoms with E-state index in [1.54, 1.807) is 18.2 Å². The molecule has 1 aliphatic rings. The summed E-state index contributed by atoms with van der Waals surface area (Å²) in [6.45, 7) is 2.68. The minimum Gasteiger partial charge on any atom is -0.490 e. The van der Waals surface area contributed by atoms with Crippen LogP contribution in [0.4, 0.5) is 4.79 Å². The molecular weight excluding hydrogens is 434 g/mol. The van der Waals surface area contributed by atoms with Crippen molar-refractivity contribution in [2.75, 3.05) is 19.8 Å². The van der Waals surface area contributed by atoms with Crippen LogP contribution >= 0.6 is 23.4 Å². The molecule has 160 valence electrons. The molecule has 0 unspecified atom stereocenters. The Labute approximate surface area is 191 Å². The summed E-state index contributed by atoms with van der Waals surface area (Å²) in [5, 5.41) is 0.0453. The maximum atomic E-state index is 12.8. The number of halogens is 1. The summed E-state index contributed by atoms with van der Waals surface area (Å²) in [7, 11) is 0. The lowest BCUT2D eigenvalue weighted by atomic mass is 10.1. The molecule has 0 spiro atoms. The monoisotopic (exact) mass is 455 g/mol. The van der Waals surface area contributed by atoms with Gasteiger partial charge in [0.2, 0.25) is 0 Å². The lowest BCUT2D eigenvalue weighted by Crippen LogP contribution is -2.29. The highest BCUT2D eigenvalue weighted by Crippen LogP contribution is 2.39. The van der Waals surface area contributed by atoms with Gasteiger partial charge in [-0.25, -0.2) is 0 Å². The lowest BCUT2D eigenvalue weighted by molar-refractivity contribution is -0.122. The van der Waals surface area contributed by atoms with Crippen molar-refractivity contribution in [2.24, 2.45) is 0 Å². The molecule has 1 heterocycles. The highest BCUT2D eigenvalue weighted by molar-refractivity contribution is 8.18. The number of terminal acetylenes is 1. The van der Waals surface area contributed by atoms with Gasteiger partial charge in [-0.1, -0.05) is 47.9 Å². The SMILES string of the molecule is C#CCOc1c(Cl)cc(/C=C2/SC(=O)N(CCCc3ccccc3)C2=O)cc1OCC. The Morgan fingerprint density at radius 1 is 1.19 bits per heavy atom. The van der Waals surface area contributed by atoms with Crippen molar-refractivity contribution in [2.45, 2.75) is 19.8 Å². The third-order valence-electron chi connectivity index (χ3n) is 4.49. The summed E-state index contributed by atoms with van der Waals surface area (Å²) in [6.07, 6.45) is 8.40. The minimum absolute atomic E-state index is 0.0566. The summed E-state index contributed by atoms with van der Waals surface area (Å²) in [6, 6.07) is 13.3. The Morgan fingerprint density at radius 3 is 2.68 bits per heavy atom. The third kappa shape index (κ3) is 5.84. The second-order valence-electron chi connectivity index (χ2n) is 6.68. The van der Waals surface area contributed by atoms with E-state index in [9.17, 15) is 9.59 Å². The molecule has 0 N–H and O–H groups in total. The summed E-state index contributed by atoms with van der Waals surface area (Å²) >= 11 is 7.26. The molecule has 0 aliphatic carbocycles. The Bertz CT molecular complexity index is 1030. The number of hydrogen-bond donors (Lipinski definition) is 0. The van der Waals surface area contributed by atoms with Gasteiger partial charge in [0.25, 0.3) is 11.1 Å². The van der Waals surface area contributed by atoms with E-state index < -0.39 is 0 Å². The van der Waals surface area contributed by atoms with Crippen LogP contribution in [0.1, 0.15) is 24.5 Å². The van der Waals surface area contributed by atoms with Crippen molar-refractivity contribution in [1.29, 1.82) is 0 Å². The molecule has 0 saturated carbocycles. The Balaban J connectivity index is 1.73. The van der Waals surface area contributed by atoms with Crippen LogP contribution in [0.5, 0.6) is 11.5 Å². The normalized spacial score (nSPS) is 14.7. The number of carbonyl (C=O) groups is 2. The van der Waals surface area contributed by atoms with Gasteiger partial charge in [-0.2, -0.15) is 0 Å². The number of aryl methyl sites for hydroxylation is 1. The van der Waals surface area contributed by atoms with Gasteiger partial charge in [-0.05, 0) is 60.9 Å². The maximum absolute atomic E-state index is 12.8. The van der Waals surface area contributed by atoms with Crippen LogP contribution in [0.15, 0.2) is 47.4 Å². The molecule has 1 saturated heterocycles. The lowest BCUT2D eigenvalue weighted by Gasteiger charge is -2.13. The molecule has 31 heavy (non-hydrogen) atoms. The molecule has 1 aliphatic heterocycles. The molecule has 2 aromatic carbocycles. The number of rotatable bonds is 9. The quantitative estimate of drug-likeness (QED) is 0.373. The highest BCUT2D eigenvalue weighted by Gasteiger charge is 2.34. The Hall–Kier alpha value is -2.88. The van der Waals surface area contributed by atoms with Gasteiger partial charge in [-0.15, -0.1) is 6.42 Å². The second-order valence-corrected chi connectivity index (χ2v) is 8.08. The zero-order valence-corrected chi connectivity index (χ0v) is 18.7. The number of carbonyl (C=O) groups excluding carboxylic acids is 2. The van der Waals surface area contributed by atoms with Crippen molar-refractivity contribution < 1.29 is 19.1 Å². The van der Waals surface area contributed by atoms with Crippen LogP contribution < -0.4 is 9.47 Å². The zero-order valence-electron chi connectivity index (χ0n) is 17.1. The molecule has 0 atom stereocenters. The Morgan fingerprint density at radius 2 is 1.97 bits per heavy atom. The minimum atomic E-state index is -0.301. The number of amides is 2. The number of benzene rings is 2. The van der Waals surface area contributed by atoms with Gasteiger partial charge in [0.15, 0.2) is 11.5 Å². The van der Waals surface area contributed by atoms with E-state index in [-0.39, 0.29) is 17.8 Å². The van der Waals surface area contributed by atoms with Gasteiger partial charge < -0.3 is 9.47 Å². The van der Waals surface area contributed by atoms with E-state index in [0.717, 1.165) is 18.2 Å². The van der Waals surface area contributed by atoms with Crippen LogP contribution in [0.3, 0.4) is 0 Å². The van der Waals surface area contributed by atoms with Crippen molar-refractivity contribution >= 4 is 40.6 Å². The molecule has 0 aromatic heterocycles. The molecule has 1 fully saturated rings. The summed E-state index contributed by atoms with van der Waals surface area (Å²) in [5.74, 6) is 2.87. The first kappa shape index (κ1) is 22.8. The topological polar surface area (TPSA) is 55.8 Å². The van der Waals surface area contributed by atoms with Crippen LogP contribution in [-0.4, -0.2) is 35.8 Å². The molecule has 3 rings (SSSR count). The fourth-order valence-corrected chi connectivity index (χ4v) is 4.26. The van der Waals surface area contributed by atoms with Crippen LogP contribution in [0, 0.1) is 12.3 Å². The third-order valence-corrected chi connectivity index (χ3v) is 5.68. The standard InChI is InChI=1S/C24H22ClNO4S/c1-3-13-30-22-19(25)14-18(15-20(22)29-4-2)16-21-23(27)26(24(28)31-21)12-8-11-17-9-6-5-7-10-17/h1,5-7,9-10,14-16H,4,8,11-13H2,2H3/b21-16+. The van der Waals surface area contributed by atoms with Crippen molar-refractivity contribution in [3.8, 4) is 23.8 Å². The summed E-state index contributed by atoms with van der Waals surface area (Å²) in [5.41, 5.74) is 1.81. The molecule has 0 radical (unpaired) electrons. The number of thioether (sulfide) groups is 1. The van der Waals surface area contributed by atoms with E-state index in [4.69, 9.17) is 27.5 Å². The fraction of sp³-hybridized carbons (Fsp3) is 0.250. The second kappa shape index (κ2) is 10.9. The predicted molar refractivity (Wildman–Crippen MR) is 124 cm³/mol. The van der Waals surface area contributed by atoms with Crippen molar-refractivity contribution in [3.05, 3.63) is 63.5 Å². The maximum Gasteiger partial charge on any atom is 0.293 e. The molecule has 5 nitrogen and oxygen atoms in total. The number of hydrogen-bond acceptors (Lipinski definition) is 5. The molecule has 7 heteroatoms. The van der Waals surface area contributed by atoms with Crippen molar-refractivity contribution in [1.82, 2.24) is 4.90 Å². The van der Waals surface area contributed by atoms with Crippen LogP contribution in [0.2, 0.25) is 5.02 Å². The van der Waals surface area contributed by atoms with Crippen LogP contribution in [-0.2, 0) is 11.2 Å². The average molecular weight is 456 g/mol. The van der Waals surface area contributed by atoms with Gasteiger partial charge >= 0.3 is 0 Å². The van der Waals surface area contributed by atoms with Gasteiger partial charge in [0, 0.05) is 6.54 Å². The number of ether oxygens (including phenoxy) is 2. The van der Waals surface area contributed by atoms with E-state index >= 15 is 0 Å². The van der Waals surface area contributed by atoms with E-state index in [1.165, 1.54) is 10.5 Å². The average Bonchev–Trinajstić information content (AvgIpc) is 3.01. The largest absolute Gasteiger partial charge is 0.490 e. The van der Waals surface area contributed by atoms with E-state index in [0.29, 0.717) is 46.6 Å². The molecule has 2 amide bonds. The first-order chi connectivity index (χ1) is 15.0. The summed E-state index contributed by atoms with van der Waals surface area (Å²) in [4.78, 5) is 26.8. The van der Waals surface area contributed by atoms with Gasteiger partial charge in [0.05, 0.1) is 16.5 Å². The van der Waals surface area contributed by atoms with Crippen molar-refractivity contribution in [3.63, 3.8) is 0 Å². The number of imide groups is 1. The summed E-state index contributed by atoms with van der Waals surface area (Å²) < 4.78 is 11.1. The zero-order chi connectivity index (χ0) is 22.2.